The average molecular weight is 617 g/mol. The maximum Gasteiger partial charge on any atom is 0.134 e. The number of fused-ring (bicyclic) bond motifs is 9. The van der Waals surface area contributed by atoms with Crippen molar-refractivity contribution in [2.24, 2.45) is 0 Å². The quantitative estimate of drug-likeness (QED) is 0.0630. The zero-order valence-electron chi connectivity index (χ0n) is 28.7. The zero-order chi connectivity index (χ0) is 31.6. The Bertz CT molecular complexity index is 1700. The second-order valence-electron chi connectivity index (χ2n) is 14.0. The predicted octanol–water partition coefficient (Wildman–Crippen LogP) is 14.8. The van der Waals surface area contributed by atoms with Gasteiger partial charge in [-0.05, 0) is 69.4 Å². The average Bonchev–Trinajstić information content (AvgIpc) is 3.70. The fourth-order valence-corrected chi connectivity index (χ4v) is 7.65. The lowest BCUT2D eigenvalue weighted by atomic mass is 9.94. The molecular weight excluding hydrogens is 560 g/mol. The van der Waals surface area contributed by atoms with Crippen LogP contribution in [0.5, 0.6) is 0 Å². The lowest BCUT2D eigenvalue weighted by Gasteiger charge is -2.08. The van der Waals surface area contributed by atoms with Crippen molar-refractivity contribution in [1.29, 1.82) is 0 Å². The maximum absolute atomic E-state index is 6.34. The third kappa shape index (κ3) is 7.81. The molecule has 2 aromatic heterocycles. The molecule has 0 saturated carbocycles. The SMILES string of the molecule is CCCCCCCCCCCc1cc2c(ccc3c2ccc2c4ccc5oc(CCCCCCCCCCC)cc5c4ccc32)o1. The molecule has 6 aromatic rings. The van der Waals surface area contributed by atoms with Gasteiger partial charge in [0, 0.05) is 23.6 Å². The molecule has 46 heavy (non-hydrogen) atoms. The van der Waals surface area contributed by atoms with Gasteiger partial charge < -0.3 is 8.83 Å². The van der Waals surface area contributed by atoms with Crippen molar-refractivity contribution >= 4 is 54.3 Å². The van der Waals surface area contributed by atoms with E-state index in [4.69, 9.17) is 8.83 Å². The van der Waals surface area contributed by atoms with Crippen LogP contribution in [0, 0.1) is 0 Å². The van der Waals surface area contributed by atoms with Crippen LogP contribution in [-0.2, 0) is 12.8 Å². The molecule has 0 amide bonds. The summed E-state index contributed by atoms with van der Waals surface area (Å²) in [5, 5.41) is 10.3. The number of hydrogen-bond donors (Lipinski definition) is 0. The van der Waals surface area contributed by atoms with Crippen molar-refractivity contribution in [3.8, 4) is 0 Å². The van der Waals surface area contributed by atoms with E-state index in [0.717, 1.165) is 35.5 Å². The number of benzene rings is 4. The molecule has 2 nitrogen and oxygen atoms in total. The summed E-state index contributed by atoms with van der Waals surface area (Å²) in [6.07, 6.45) is 26.4. The lowest BCUT2D eigenvalue weighted by molar-refractivity contribution is 0.516. The first-order chi connectivity index (χ1) is 22.8. The van der Waals surface area contributed by atoms with E-state index in [1.807, 2.05) is 0 Å². The van der Waals surface area contributed by atoms with E-state index in [-0.39, 0.29) is 0 Å². The van der Waals surface area contributed by atoms with Crippen LogP contribution < -0.4 is 0 Å². The summed E-state index contributed by atoms with van der Waals surface area (Å²) in [4.78, 5) is 0. The van der Waals surface area contributed by atoms with Crippen LogP contribution in [0.1, 0.15) is 141 Å². The van der Waals surface area contributed by atoms with Gasteiger partial charge in [-0.25, -0.2) is 0 Å². The number of rotatable bonds is 20. The Kier molecular flexibility index (Phi) is 11.7. The van der Waals surface area contributed by atoms with Gasteiger partial charge in [0.05, 0.1) is 0 Å². The minimum atomic E-state index is 1.01. The van der Waals surface area contributed by atoms with Crippen molar-refractivity contribution < 1.29 is 8.83 Å². The van der Waals surface area contributed by atoms with E-state index in [9.17, 15) is 0 Å². The Morgan fingerprint density at radius 3 is 0.957 bits per heavy atom. The molecule has 0 aliphatic rings. The van der Waals surface area contributed by atoms with Gasteiger partial charge in [0.1, 0.15) is 22.7 Å². The second kappa shape index (κ2) is 16.5. The number of furan rings is 2. The minimum Gasteiger partial charge on any atom is -0.461 e. The summed E-state index contributed by atoms with van der Waals surface area (Å²) in [5.74, 6) is 2.26. The standard InChI is InChI=1S/C44H56O2/c1-3-5-7-9-11-13-15-17-19-21-33-31-41-39-25-23-36-35(37(39)27-29-43(41)45-33)24-26-40-38(36)28-30-44-42(40)32-34(46-44)22-20-18-16-14-12-10-8-6-4-2/h23-32H,3-22H2,1-2H3. The van der Waals surface area contributed by atoms with Gasteiger partial charge in [0.25, 0.3) is 0 Å². The normalized spacial score (nSPS) is 12.1. The molecule has 0 radical (unpaired) electrons. The van der Waals surface area contributed by atoms with E-state index >= 15 is 0 Å². The van der Waals surface area contributed by atoms with Crippen molar-refractivity contribution in [2.75, 3.05) is 0 Å². The van der Waals surface area contributed by atoms with E-state index < -0.39 is 0 Å². The van der Waals surface area contributed by atoms with Crippen molar-refractivity contribution in [3.05, 3.63) is 72.2 Å². The minimum absolute atomic E-state index is 1.01. The number of unbranched alkanes of at least 4 members (excludes halogenated alkanes) is 16. The topological polar surface area (TPSA) is 26.3 Å². The van der Waals surface area contributed by atoms with Gasteiger partial charge in [-0.15, -0.1) is 0 Å². The maximum atomic E-state index is 6.34. The van der Waals surface area contributed by atoms with Crippen LogP contribution in [0.3, 0.4) is 0 Å². The van der Waals surface area contributed by atoms with Gasteiger partial charge >= 0.3 is 0 Å². The molecule has 0 atom stereocenters. The highest BCUT2D eigenvalue weighted by molar-refractivity contribution is 6.24. The molecule has 244 valence electrons. The van der Waals surface area contributed by atoms with E-state index in [2.05, 4.69) is 74.5 Å². The Labute approximate surface area is 276 Å². The fraction of sp³-hybridized carbons (Fsp3) is 0.500. The molecule has 0 unspecified atom stereocenters. The predicted molar refractivity (Wildman–Crippen MR) is 200 cm³/mol. The third-order valence-electron chi connectivity index (χ3n) is 10.3. The Balaban J connectivity index is 1.11. The first kappa shape index (κ1) is 32.7. The molecule has 0 aliphatic heterocycles. The monoisotopic (exact) mass is 616 g/mol. The Morgan fingerprint density at radius 1 is 0.326 bits per heavy atom. The Morgan fingerprint density at radius 2 is 0.609 bits per heavy atom. The molecule has 2 heteroatoms. The Hall–Kier alpha value is -3.26. The van der Waals surface area contributed by atoms with Gasteiger partial charge in [-0.3, -0.25) is 0 Å². The summed E-state index contributed by atoms with van der Waals surface area (Å²) >= 11 is 0. The van der Waals surface area contributed by atoms with Crippen LogP contribution in [0.4, 0.5) is 0 Å². The summed E-state index contributed by atoms with van der Waals surface area (Å²) in [7, 11) is 0. The highest BCUT2D eigenvalue weighted by Crippen LogP contribution is 2.38. The van der Waals surface area contributed by atoms with Crippen molar-refractivity contribution in [2.45, 2.75) is 142 Å². The molecular formula is C44H56O2. The molecule has 6 rings (SSSR count). The van der Waals surface area contributed by atoms with Crippen molar-refractivity contribution in [1.82, 2.24) is 0 Å². The van der Waals surface area contributed by atoms with E-state index in [0.29, 0.717) is 0 Å². The van der Waals surface area contributed by atoms with Gasteiger partial charge in [-0.1, -0.05) is 153 Å². The lowest BCUT2D eigenvalue weighted by Crippen LogP contribution is -1.84. The number of hydrogen-bond acceptors (Lipinski definition) is 2. The number of aryl methyl sites for hydroxylation is 2. The van der Waals surface area contributed by atoms with Crippen LogP contribution in [-0.4, -0.2) is 0 Å². The molecule has 0 spiro atoms. The highest BCUT2D eigenvalue weighted by Gasteiger charge is 2.13. The largest absolute Gasteiger partial charge is 0.461 e. The molecule has 2 heterocycles. The smallest absolute Gasteiger partial charge is 0.134 e. The second-order valence-corrected chi connectivity index (χ2v) is 14.0. The molecule has 0 fully saturated rings. The summed E-state index contributed by atoms with van der Waals surface area (Å²) in [6, 6.07) is 22.8. The molecule has 0 saturated heterocycles. The van der Waals surface area contributed by atoms with Crippen LogP contribution >= 0.6 is 0 Å². The zero-order valence-corrected chi connectivity index (χ0v) is 28.7. The summed E-state index contributed by atoms with van der Waals surface area (Å²) in [5.41, 5.74) is 2.02. The van der Waals surface area contributed by atoms with E-state index in [1.165, 1.54) is 159 Å². The summed E-state index contributed by atoms with van der Waals surface area (Å²) < 4.78 is 12.7. The van der Waals surface area contributed by atoms with Gasteiger partial charge in [-0.2, -0.15) is 0 Å². The van der Waals surface area contributed by atoms with Crippen LogP contribution in [0.2, 0.25) is 0 Å². The molecule has 0 aliphatic carbocycles. The van der Waals surface area contributed by atoms with Gasteiger partial charge in [0.2, 0.25) is 0 Å². The first-order valence-electron chi connectivity index (χ1n) is 19.0. The van der Waals surface area contributed by atoms with Crippen molar-refractivity contribution in [3.63, 3.8) is 0 Å². The summed E-state index contributed by atoms with van der Waals surface area (Å²) in [6.45, 7) is 4.58. The van der Waals surface area contributed by atoms with Crippen LogP contribution in [0.15, 0.2) is 69.5 Å². The van der Waals surface area contributed by atoms with E-state index in [1.54, 1.807) is 0 Å². The highest BCUT2D eigenvalue weighted by atomic mass is 16.3. The molecule has 0 bridgehead atoms. The molecule has 0 N–H and O–H groups in total. The molecule has 4 aromatic carbocycles. The third-order valence-corrected chi connectivity index (χ3v) is 10.3. The van der Waals surface area contributed by atoms with Crippen LogP contribution in [0.25, 0.3) is 54.3 Å². The first-order valence-corrected chi connectivity index (χ1v) is 19.0. The van der Waals surface area contributed by atoms with Gasteiger partial charge in [0.15, 0.2) is 0 Å². The fourth-order valence-electron chi connectivity index (χ4n) is 7.65.